The van der Waals surface area contributed by atoms with Crippen LogP contribution in [0.2, 0.25) is 0 Å². The van der Waals surface area contributed by atoms with E-state index in [1.54, 1.807) is 0 Å². The molecule has 2 saturated carbocycles. The van der Waals surface area contributed by atoms with Crippen molar-refractivity contribution >= 4 is 0 Å². The lowest BCUT2D eigenvalue weighted by molar-refractivity contribution is 0.152. The Bertz CT molecular complexity index is 615. The predicted molar refractivity (Wildman–Crippen MR) is 105 cm³/mol. The fourth-order valence-corrected chi connectivity index (χ4v) is 5.23. The largest absolute Gasteiger partial charge is 0.251 e. The molecule has 0 bridgehead atoms. The molecular weight excluding hydrogens is 364 g/mol. The number of allylic oxidation sites excluding steroid dienone is 2. The minimum absolute atomic E-state index is 0.264. The number of hydrogen-bond acceptors (Lipinski definition) is 0. The summed E-state index contributed by atoms with van der Waals surface area (Å²) in [5.74, 6) is -0.678. The predicted octanol–water partition coefficient (Wildman–Crippen LogP) is 7.57. The van der Waals surface area contributed by atoms with Crippen molar-refractivity contribution in [3.63, 3.8) is 0 Å². The van der Waals surface area contributed by atoms with E-state index in [9.17, 15) is 17.6 Å². The molecule has 0 heterocycles. The van der Waals surface area contributed by atoms with Gasteiger partial charge in [-0.15, -0.1) is 0 Å². The zero-order chi connectivity index (χ0) is 19.9. The molecule has 0 atom stereocenters. The van der Waals surface area contributed by atoms with Crippen LogP contribution < -0.4 is 0 Å². The number of rotatable bonds is 7. The van der Waals surface area contributed by atoms with Crippen LogP contribution in [0.25, 0.3) is 0 Å². The molecule has 156 valence electrons. The molecule has 1 aromatic carbocycles. The van der Waals surface area contributed by atoms with Crippen LogP contribution in [0.4, 0.5) is 17.6 Å². The third-order valence-electron chi connectivity index (χ3n) is 6.94. The fourth-order valence-electron chi connectivity index (χ4n) is 5.23. The van der Waals surface area contributed by atoms with Gasteiger partial charge in [-0.25, -0.2) is 13.2 Å². The van der Waals surface area contributed by atoms with Crippen molar-refractivity contribution in [1.82, 2.24) is 0 Å². The minimum atomic E-state index is -1.38. The Morgan fingerprint density at radius 1 is 0.821 bits per heavy atom. The van der Waals surface area contributed by atoms with Gasteiger partial charge in [-0.05, 0) is 99.2 Å². The van der Waals surface area contributed by atoms with Crippen LogP contribution in [0, 0.1) is 41.1 Å². The van der Waals surface area contributed by atoms with Gasteiger partial charge in [0, 0.05) is 0 Å². The van der Waals surface area contributed by atoms with Crippen LogP contribution in [0.15, 0.2) is 24.3 Å². The molecule has 0 amide bonds. The second-order valence-electron chi connectivity index (χ2n) is 8.77. The van der Waals surface area contributed by atoms with Crippen LogP contribution in [-0.4, -0.2) is 6.67 Å². The number of halogens is 4. The van der Waals surface area contributed by atoms with Crippen molar-refractivity contribution in [3.05, 3.63) is 47.3 Å². The van der Waals surface area contributed by atoms with E-state index in [1.807, 2.05) is 6.08 Å². The van der Waals surface area contributed by atoms with Gasteiger partial charge in [0.05, 0.1) is 6.67 Å². The first-order valence-corrected chi connectivity index (χ1v) is 10.9. The lowest BCUT2D eigenvalue weighted by Crippen LogP contribution is -2.25. The van der Waals surface area contributed by atoms with E-state index in [0.29, 0.717) is 30.2 Å². The maximum Gasteiger partial charge on any atom is 0.194 e. The topological polar surface area (TPSA) is 0 Å². The van der Waals surface area contributed by atoms with Gasteiger partial charge in [0.15, 0.2) is 17.5 Å². The summed E-state index contributed by atoms with van der Waals surface area (Å²) in [5.41, 5.74) is 0.553. The summed E-state index contributed by atoms with van der Waals surface area (Å²) in [6.07, 6.45) is 16.2. The summed E-state index contributed by atoms with van der Waals surface area (Å²) < 4.78 is 51.9. The molecule has 4 heteroatoms. The average molecular weight is 397 g/mol. The standard InChI is InChI=1S/C24H32F4/c25-14-2-1-3-17-6-10-20(11-7-17)21-12-8-18(9-13-21)4-5-19-15-22(26)24(28)23(27)16-19/h1,3,15-18,20-21H,2,4-14H2. The van der Waals surface area contributed by atoms with Gasteiger partial charge in [-0.1, -0.05) is 25.0 Å². The van der Waals surface area contributed by atoms with Gasteiger partial charge < -0.3 is 0 Å². The Balaban J connectivity index is 1.38. The first-order chi connectivity index (χ1) is 13.6. The summed E-state index contributed by atoms with van der Waals surface area (Å²) in [7, 11) is 0. The van der Waals surface area contributed by atoms with E-state index in [-0.39, 0.29) is 6.67 Å². The van der Waals surface area contributed by atoms with Crippen LogP contribution in [-0.2, 0) is 6.42 Å². The summed E-state index contributed by atoms with van der Waals surface area (Å²) in [4.78, 5) is 0. The first kappa shape index (κ1) is 21.4. The highest BCUT2D eigenvalue weighted by Crippen LogP contribution is 2.42. The number of aryl methyl sites for hydroxylation is 1. The van der Waals surface area contributed by atoms with E-state index in [1.165, 1.54) is 51.4 Å². The number of hydrogen-bond donors (Lipinski definition) is 0. The van der Waals surface area contributed by atoms with Crippen molar-refractivity contribution in [2.75, 3.05) is 6.67 Å². The van der Waals surface area contributed by atoms with Crippen molar-refractivity contribution in [3.8, 4) is 0 Å². The van der Waals surface area contributed by atoms with Gasteiger partial charge in [-0.2, -0.15) is 0 Å². The second kappa shape index (κ2) is 10.5. The molecule has 0 saturated heterocycles. The zero-order valence-electron chi connectivity index (χ0n) is 16.6. The van der Waals surface area contributed by atoms with Crippen molar-refractivity contribution in [2.24, 2.45) is 23.7 Å². The van der Waals surface area contributed by atoms with E-state index in [0.717, 1.165) is 30.4 Å². The molecule has 28 heavy (non-hydrogen) atoms. The molecule has 0 nitrogen and oxygen atoms in total. The third kappa shape index (κ3) is 5.84. The molecular formula is C24H32F4. The Kier molecular flexibility index (Phi) is 7.99. The van der Waals surface area contributed by atoms with Crippen molar-refractivity contribution in [2.45, 2.75) is 70.6 Å². The maximum absolute atomic E-state index is 13.3. The van der Waals surface area contributed by atoms with Gasteiger partial charge in [0.1, 0.15) is 0 Å². The smallest absolute Gasteiger partial charge is 0.194 e. The molecule has 0 radical (unpaired) electrons. The summed E-state index contributed by atoms with van der Waals surface area (Å²) in [5, 5.41) is 0. The van der Waals surface area contributed by atoms with Crippen molar-refractivity contribution < 1.29 is 17.6 Å². The van der Waals surface area contributed by atoms with E-state index >= 15 is 0 Å². The molecule has 3 rings (SSSR count). The molecule has 0 aliphatic heterocycles. The summed E-state index contributed by atoms with van der Waals surface area (Å²) in [6, 6.07) is 2.26. The van der Waals surface area contributed by atoms with Gasteiger partial charge >= 0.3 is 0 Å². The SMILES string of the molecule is FCCC=CC1CCC(C2CCC(CCc3cc(F)c(F)c(F)c3)CC2)CC1. The Morgan fingerprint density at radius 3 is 1.96 bits per heavy atom. The highest BCUT2D eigenvalue weighted by molar-refractivity contribution is 5.19. The van der Waals surface area contributed by atoms with E-state index < -0.39 is 17.5 Å². The Morgan fingerprint density at radius 2 is 1.39 bits per heavy atom. The average Bonchev–Trinajstić information content (AvgIpc) is 2.71. The summed E-state index contributed by atoms with van der Waals surface area (Å²) in [6.45, 7) is -0.264. The Labute approximate surface area is 166 Å². The number of benzene rings is 1. The quantitative estimate of drug-likeness (QED) is 0.253. The van der Waals surface area contributed by atoms with Crippen LogP contribution in [0.1, 0.15) is 69.8 Å². The maximum atomic E-state index is 13.3. The zero-order valence-corrected chi connectivity index (χ0v) is 16.6. The van der Waals surface area contributed by atoms with Crippen molar-refractivity contribution in [1.29, 1.82) is 0 Å². The monoisotopic (exact) mass is 396 g/mol. The fraction of sp³-hybridized carbons (Fsp3) is 0.667. The molecule has 0 N–H and O–H groups in total. The number of alkyl halides is 1. The molecule has 0 aromatic heterocycles. The summed E-state index contributed by atoms with van der Waals surface area (Å²) >= 11 is 0. The van der Waals surface area contributed by atoms with E-state index in [2.05, 4.69) is 6.08 Å². The van der Waals surface area contributed by atoms with Gasteiger partial charge in [-0.3, -0.25) is 4.39 Å². The minimum Gasteiger partial charge on any atom is -0.251 e. The molecule has 0 unspecified atom stereocenters. The van der Waals surface area contributed by atoms with Crippen LogP contribution >= 0.6 is 0 Å². The van der Waals surface area contributed by atoms with Gasteiger partial charge in [0.2, 0.25) is 0 Å². The molecule has 2 aliphatic carbocycles. The lowest BCUT2D eigenvalue weighted by Gasteiger charge is -2.37. The molecule has 1 aromatic rings. The van der Waals surface area contributed by atoms with Gasteiger partial charge in [0.25, 0.3) is 0 Å². The normalized spacial score (nSPS) is 28.7. The third-order valence-corrected chi connectivity index (χ3v) is 6.94. The highest BCUT2D eigenvalue weighted by atomic mass is 19.2. The van der Waals surface area contributed by atoms with Crippen LogP contribution in [0.3, 0.4) is 0 Å². The Hall–Kier alpha value is -1.32. The molecule has 2 aliphatic rings. The molecule has 0 spiro atoms. The lowest BCUT2D eigenvalue weighted by atomic mass is 9.68. The second-order valence-corrected chi connectivity index (χ2v) is 8.77. The first-order valence-electron chi connectivity index (χ1n) is 10.9. The van der Waals surface area contributed by atoms with E-state index in [4.69, 9.17) is 0 Å². The highest BCUT2D eigenvalue weighted by Gasteiger charge is 2.30. The van der Waals surface area contributed by atoms with Crippen LogP contribution in [0.5, 0.6) is 0 Å². The molecule has 2 fully saturated rings.